The smallest absolute Gasteiger partial charge is 0.230 e. The summed E-state index contributed by atoms with van der Waals surface area (Å²) in [6.45, 7) is 5.43. The van der Waals surface area contributed by atoms with Gasteiger partial charge in [-0.25, -0.2) is 9.37 Å². The van der Waals surface area contributed by atoms with E-state index in [1.807, 2.05) is 37.4 Å². The maximum Gasteiger partial charge on any atom is 0.230 e. The third-order valence-electron chi connectivity index (χ3n) is 4.58. The molecule has 2 aromatic heterocycles. The number of thioether (sulfide) groups is 1. The molecule has 4 rings (SSSR count). The van der Waals surface area contributed by atoms with Gasteiger partial charge in [-0.2, -0.15) is 4.68 Å². The van der Waals surface area contributed by atoms with Gasteiger partial charge in [0.2, 0.25) is 11.1 Å². The first kappa shape index (κ1) is 21.1. The largest absolute Gasteiger partial charge is 0.274 e. The lowest BCUT2D eigenvalue weighted by molar-refractivity contribution is -0.115. The first-order valence-electron chi connectivity index (χ1n) is 9.43. The Morgan fingerprint density at radius 1 is 1.16 bits per heavy atom. The number of para-hydroxylation sites is 2. The molecule has 0 saturated heterocycles. The van der Waals surface area contributed by atoms with Crippen molar-refractivity contribution in [3.8, 4) is 5.69 Å². The van der Waals surface area contributed by atoms with E-state index in [2.05, 4.69) is 20.5 Å². The molecule has 10 heteroatoms. The molecule has 0 aliphatic carbocycles. The molecule has 2 heterocycles. The van der Waals surface area contributed by atoms with Crippen molar-refractivity contribution in [2.75, 3.05) is 4.90 Å². The number of aryl methyl sites for hydroxylation is 2. The highest BCUT2D eigenvalue weighted by Gasteiger charge is 2.21. The van der Waals surface area contributed by atoms with Crippen molar-refractivity contribution in [2.24, 2.45) is 0 Å². The number of tetrazole rings is 1. The van der Waals surface area contributed by atoms with Crippen LogP contribution in [0.2, 0.25) is 0 Å². The molecule has 1 amide bonds. The average Bonchev–Trinajstić information content (AvgIpc) is 3.37. The van der Waals surface area contributed by atoms with Gasteiger partial charge in [-0.1, -0.05) is 42.1 Å². The van der Waals surface area contributed by atoms with Gasteiger partial charge in [0.05, 0.1) is 17.1 Å². The van der Waals surface area contributed by atoms with E-state index in [-0.39, 0.29) is 11.6 Å². The molecule has 7 nitrogen and oxygen atoms in total. The van der Waals surface area contributed by atoms with Crippen LogP contribution in [0, 0.1) is 19.7 Å². The van der Waals surface area contributed by atoms with Crippen LogP contribution in [0.5, 0.6) is 0 Å². The van der Waals surface area contributed by atoms with Crippen LogP contribution in [-0.4, -0.2) is 31.1 Å². The third kappa shape index (κ3) is 4.35. The fourth-order valence-corrected chi connectivity index (χ4v) is 4.95. The van der Waals surface area contributed by atoms with Crippen molar-refractivity contribution in [1.29, 1.82) is 0 Å². The summed E-state index contributed by atoms with van der Waals surface area (Å²) in [4.78, 5) is 18.0. The van der Waals surface area contributed by atoms with Crippen molar-refractivity contribution in [2.45, 2.75) is 31.7 Å². The molecule has 0 N–H and O–H groups in total. The minimum atomic E-state index is -0.475. The van der Waals surface area contributed by atoms with Crippen LogP contribution in [0.1, 0.15) is 23.7 Å². The Labute approximate surface area is 186 Å². The maximum atomic E-state index is 14.3. The number of anilines is 2. The van der Waals surface area contributed by atoms with E-state index in [0.29, 0.717) is 16.0 Å². The van der Waals surface area contributed by atoms with E-state index < -0.39 is 5.82 Å². The van der Waals surface area contributed by atoms with Crippen LogP contribution in [0.25, 0.3) is 5.69 Å². The minimum absolute atomic E-state index is 0.183. The highest BCUT2D eigenvalue weighted by Crippen LogP contribution is 2.32. The third-order valence-corrected chi connectivity index (χ3v) is 6.41. The topological polar surface area (TPSA) is 76.8 Å². The molecule has 0 unspecified atom stereocenters. The number of hydrogen-bond acceptors (Lipinski definition) is 7. The Bertz CT molecular complexity index is 1220. The van der Waals surface area contributed by atoms with Gasteiger partial charge in [0.25, 0.3) is 0 Å². The van der Waals surface area contributed by atoms with Gasteiger partial charge in [-0.3, -0.25) is 9.69 Å². The normalized spacial score (nSPS) is 11.0. The lowest BCUT2D eigenvalue weighted by Crippen LogP contribution is -2.23. The zero-order chi connectivity index (χ0) is 22.0. The summed E-state index contributed by atoms with van der Waals surface area (Å²) in [5.74, 6) is -0.278. The summed E-state index contributed by atoms with van der Waals surface area (Å²) < 4.78 is 16.0. The highest BCUT2D eigenvalue weighted by molar-refractivity contribution is 7.98. The highest BCUT2D eigenvalue weighted by atomic mass is 32.2. The number of aromatic nitrogens is 5. The van der Waals surface area contributed by atoms with Crippen LogP contribution in [0.15, 0.2) is 53.0 Å². The van der Waals surface area contributed by atoms with E-state index in [4.69, 9.17) is 0 Å². The van der Waals surface area contributed by atoms with Crippen LogP contribution >= 0.6 is 23.1 Å². The molecule has 0 aliphatic heterocycles. The second-order valence-electron chi connectivity index (χ2n) is 6.83. The molecule has 0 spiro atoms. The molecular weight excluding hydrogens is 435 g/mol. The molecule has 158 valence electrons. The Morgan fingerprint density at radius 2 is 1.90 bits per heavy atom. The SMILES string of the molecule is CC(=O)N(c1nc(CSc2nnnn2-c2c(C)cccc2C)cs1)c1ccccc1F. The van der Waals surface area contributed by atoms with Crippen LogP contribution in [0.3, 0.4) is 0 Å². The van der Waals surface area contributed by atoms with E-state index in [1.165, 1.54) is 41.0 Å². The van der Waals surface area contributed by atoms with E-state index in [9.17, 15) is 9.18 Å². The number of nitrogens with zero attached hydrogens (tertiary/aromatic N) is 6. The first-order chi connectivity index (χ1) is 15.0. The number of thiazole rings is 1. The van der Waals surface area contributed by atoms with Gasteiger partial charge in [0.15, 0.2) is 5.13 Å². The monoisotopic (exact) mass is 454 g/mol. The molecule has 31 heavy (non-hydrogen) atoms. The molecule has 2 aromatic carbocycles. The zero-order valence-electron chi connectivity index (χ0n) is 17.1. The number of hydrogen-bond donors (Lipinski definition) is 0. The Balaban J connectivity index is 1.56. The number of amides is 1. The summed E-state index contributed by atoms with van der Waals surface area (Å²) in [6, 6.07) is 12.2. The second kappa shape index (κ2) is 8.94. The van der Waals surface area contributed by atoms with Crippen molar-refractivity contribution in [3.63, 3.8) is 0 Å². The molecule has 0 atom stereocenters. The fourth-order valence-electron chi connectivity index (χ4n) is 3.19. The molecule has 0 saturated carbocycles. The maximum absolute atomic E-state index is 14.3. The van der Waals surface area contributed by atoms with Crippen LogP contribution < -0.4 is 4.90 Å². The van der Waals surface area contributed by atoms with E-state index in [0.717, 1.165) is 22.5 Å². The molecule has 0 fully saturated rings. The predicted molar refractivity (Wildman–Crippen MR) is 120 cm³/mol. The van der Waals surface area contributed by atoms with Crippen molar-refractivity contribution < 1.29 is 9.18 Å². The van der Waals surface area contributed by atoms with Gasteiger partial charge >= 0.3 is 0 Å². The molecule has 4 aromatic rings. The average molecular weight is 455 g/mol. The van der Waals surface area contributed by atoms with Gasteiger partial charge in [-0.15, -0.1) is 16.4 Å². The number of halogens is 1. The lowest BCUT2D eigenvalue weighted by atomic mass is 10.1. The summed E-state index contributed by atoms with van der Waals surface area (Å²) >= 11 is 2.73. The summed E-state index contributed by atoms with van der Waals surface area (Å²) in [5.41, 5.74) is 4.04. The molecule has 0 radical (unpaired) electrons. The van der Waals surface area contributed by atoms with Crippen LogP contribution in [0.4, 0.5) is 15.2 Å². The van der Waals surface area contributed by atoms with Crippen molar-refractivity contribution >= 4 is 39.8 Å². The quantitative estimate of drug-likeness (QED) is 0.388. The second-order valence-corrected chi connectivity index (χ2v) is 8.61. The number of carbonyl (C=O) groups excluding carboxylic acids is 1. The predicted octanol–water partition coefficient (Wildman–Crippen LogP) is 4.85. The van der Waals surface area contributed by atoms with Crippen molar-refractivity contribution in [3.05, 3.63) is 70.5 Å². The summed E-state index contributed by atoms with van der Waals surface area (Å²) in [6.07, 6.45) is 0. The Kier molecular flexibility index (Phi) is 6.10. The zero-order valence-corrected chi connectivity index (χ0v) is 18.7. The Hall–Kier alpha value is -3.11. The summed E-state index contributed by atoms with van der Waals surface area (Å²) in [5, 5.41) is 15.0. The Morgan fingerprint density at radius 3 is 2.61 bits per heavy atom. The summed E-state index contributed by atoms with van der Waals surface area (Å²) in [7, 11) is 0. The first-order valence-corrected chi connectivity index (χ1v) is 11.3. The number of benzene rings is 2. The van der Waals surface area contributed by atoms with E-state index in [1.54, 1.807) is 22.9 Å². The molecule has 0 bridgehead atoms. The number of rotatable bonds is 6. The lowest BCUT2D eigenvalue weighted by Gasteiger charge is -2.18. The standard InChI is InChI=1S/C21H19FN6OS2/c1-13-7-6-8-14(2)19(13)28-21(24-25-26-28)31-12-16-11-30-20(23-16)27(15(3)29)18-10-5-4-9-17(18)22/h4-11H,12H2,1-3H3. The van der Waals surface area contributed by atoms with Gasteiger partial charge in [0.1, 0.15) is 5.82 Å². The fraction of sp³-hybridized carbons (Fsp3) is 0.190. The number of carbonyl (C=O) groups is 1. The van der Waals surface area contributed by atoms with Gasteiger partial charge in [-0.05, 0) is 47.5 Å². The van der Waals surface area contributed by atoms with Gasteiger partial charge < -0.3 is 0 Å². The molecular formula is C21H19FN6OS2. The van der Waals surface area contributed by atoms with Crippen LogP contribution in [-0.2, 0) is 10.5 Å². The van der Waals surface area contributed by atoms with Crippen molar-refractivity contribution in [1.82, 2.24) is 25.2 Å². The minimum Gasteiger partial charge on any atom is -0.274 e. The molecule has 0 aliphatic rings. The van der Waals surface area contributed by atoms with Gasteiger partial charge in [0, 0.05) is 18.1 Å². The van der Waals surface area contributed by atoms with E-state index >= 15 is 0 Å².